The lowest BCUT2D eigenvalue weighted by Crippen LogP contribution is -2.21. The zero-order valence-corrected chi connectivity index (χ0v) is 22.4. The number of fused-ring (bicyclic) bond motifs is 1. The summed E-state index contributed by atoms with van der Waals surface area (Å²) in [5.41, 5.74) is 2.43. The van der Waals surface area contributed by atoms with E-state index < -0.39 is 34.8 Å². The first-order valence-corrected chi connectivity index (χ1v) is 13.4. The maximum atomic E-state index is 13.7. The van der Waals surface area contributed by atoms with Gasteiger partial charge in [0.15, 0.2) is 16.8 Å². The van der Waals surface area contributed by atoms with E-state index in [9.17, 15) is 26.2 Å². The number of nitrogens with zero attached hydrogens (tertiary/aromatic N) is 2. The summed E-state index contributed by atoms with van der Waals surface area (Å²) < 4.78 is 84.4. The zero-order valence-electron chi connectivity index (χ0n) is 20.8. The molecular weight excluding hydrogens is 589 g/mol. The molecule has 0 aliphatic heterocycles. The van der Waals surface area contributed by atoms with Gasteiger partial charge in [-0.15, -0.1) is 0 Å². The van der Waals surface area contributed by atoms with E-state index in [4.69, 9.17) is 14.6 Å². The SMILES string of the molecule is COc1cc(-c2cc(F)cc(F)c2)ccc1-c1nccc2cc(S(=O)Nc3ccsn3)ccc12.O=C(O)C(F)(F)F. The number of nitrogens with one attached hydrogen (secondary N) is 1. The largest absolute Gasteiger partial charge is 0.496 e. The van der Waals surface area contributed by atoms with E-state index in [1.165, 1.54) is 30.8 Å². The molecule has 2 aromatic heterocycles. The number of carboxylic acids is 1. The van der Waals surface area contributed by atoms with Crippen LogP contribution in [0.15, 0.2) is 83.2 Å². The van der Waals surface area contributed by atoms with Crippen molar-refractivity contribution in [3.63, 3.8) is 0 Å². The smallest absolute Gasteiger partial charge is 0.490 e. The Labute approximate surface area is 236 Å². The molecule has 0 radical (unpaired) electrons. The molecule has 0 spiro atoms. The summed E-state index contributed by atoms with van der Waals surface area (Å²) in [5, 5.41) is 10.6. The highest BCUT2D eigenvalue weighted by Gasteiger charge is 2.38. The number of halogens is 5. The molecule has 3 aromatic carbocycles. The molecule has 0 bridgehead atoms. The third-order valence-corrected chi connectivity index (χ3v) is 7.12. The average molecular weight is 608 g/mol. The highest BCUT2D eigenvalue weighted by Crippen LogP contribution is 2.37. The normalized spacial score (nSPS) is 11.9. The summed E-state index contributed by atoms with van der Waals surface area (Å²) in [5.74, 6) is -2.98. The Morgan fingerprint density at radius 3 is 2.29 bits per heavy atom. The highest BCUT2D eigenvalue weighted by atomic mass is 32.2. The molecule has 0 saturated carbocycles. The van der Waals surface area contributed by atoms with Crippen LogP contribution in [0, 0.1) is 11.6 Å². The number of hydrogen-bond donors (Lipinski definition) is 2. The van der Waals surface area contributed by atoms with Gasteiger partial charge in [0.2, 0.25) is 0 Å². The minimum Gasteiger partial charge on any atom is -0.496 e. The number of methoxy groups -OCH3 is 1. The number of aromatic nitrogens is 2. The lowest BCUT2D eigenvalue weighted by Gasteiger charge is -2.13. The van der Waals surface area contributed by atoms with Crippen LogP contribution in [0.2, 0.25) is 0 Å². The first kappa shape index (κ1) is 29.6. The van der Waals surface area contributed by atoms with Crippen LogP contribution in [-0.4, -0.2) is 37.9 Å². The number of benzene rings is 3. The van der Waals surface area contributed by atoms with E-state index in [-0.39, 0.29) is 0 Å². The first-order valence-electron chi connectivity index (χ1n) is 11.4. The van der Waals surface area contributed by atoms with Gasteiger partial charge in [0, 0.05) is 28.6 Å². The Bertz CT molecular complexity index is 1710. The van der Waals surface area contributed by atoms with Gasteiger partial charge in [-0.25, -0.2) is 17.8 Å². The van der Waals surface area contributed by atoms with Crippen molar-refractivity contribution in [2.75, 3.05) is 11.8 Å². The number of ether oxygens (including phenoxy) is 1. The second-order valence-corrected chi connectivity index (χ2v) is 10.1. The number of anilines is 1. The van der Waals surface area contributed by atoms with E-state index >= 15 is 0 Å². The number of alkyl halides is 3. The predicted molar refractivity (Wildman–Crippen MR) is 145 cm³/mol. The molecule has 2 heterocycles. The van der Waals surface area contributed by atoms with Crippen molar-refractivity contribution >= 4 is 45.1 Å². The molecule has 14 heteroatoms. The minimum absolute atomic E-state index is 0.410. The summed E-state index contributed by atoms with van der Waals surface area (Å²) >= 11 is 1.28. The Morgan fingerprint density at radius 2 is 1.68 bits per heavy atom. The van der Waals surface area contributed by atoms with Gasteiger partial charge in [-0.1, -0.05) is 12.1 Å². The Kier molecular flexibility index (Phi) is 8.93. The van der Waals surface area contributed by atoms with Crippen LogP contribution in [0.1, 0.15) is 0 Å². The van der Waals surface area contributed by atoms with E-state index in [2.05, 4.69) is 14.1 Å². The molecule has 0 amide bonds. The maximum absolute atomic E-state index is 13.7. The second kappa shape index (κ2) is 12.4. The van der Waals surface area contributed by atoms with Gasteiger partial charge in [-0.2, -0.15) is 17.5 Å². The van der Waals surface area contributed by atoms with Gasteiger partial charge in [-0.3, -0.25) is 9.71 Å². The molecule has 0 saturated heterocycles. The van der Waals surface area contributed by atoms with E-state index in [0.29, 0.717) is 33.3 Å². The molecule has 0 aliphatic rings. The van der Waals surface area contributed by atoms with Crippen molar-refractivity contribution in [2.45, 2.75) is 11.1 Å². The fourth-order valence-corrected chi connectivity index (χ4v) is 5.07. The zero-order chi connectivity index (χ0) is 29.7. The van der Waals surface area contributed by atoms with Gasteiger partial charge in [0.05, 0.1) is 17.7 Å². The average Bonchev–Trinajstić information content (AvgIpc) is 3.44. The van der Waals surface area contributed by atoms with Crippen molar-refractivity contribution in [2.24, 2.45) is 0 Å². The Morgan fingerprint density at radius 1 is 0.976 bits per heavy atom. The molecule has 212 valence electrons. The Hall–Kier alpha value is -4.43. The lowest BCUT2D eigenvalue weighted by molar-refractivity contribution is -0.192. The molecule has 1 atom stereocenters. The highest BCUT2D eigenvalue weighted by molar-refractivity contribution is 7.86. The van der Waals surface area contributed by atoms with Crippen molar-refractivity contribution in [1.82, 2.24) is 9.36 Å². The van der Waals surface area contributed by atoms with Crippen LogP contribution in [0.3, 0.4) is 0 Å². The number of aliphatic carboxylic acids is 1. The molecule has 5 rings (SSSR count). The summed E-state index contributed by atoms with van der Waals surface area (Å²) in [4.78, 5) is 14.1. The molecule has 41 heavy (non-hydrogen) atoms. The molecule has 0 aliphatic carbocycles. The van der Waals surface area contributed by atoms with Gasteiger partial charge >= 0.3 is 12.1 Å². The standard InChI is InChI=1S/C25H17F2N3O2S2.C2HF3O2/c1-32-23-13-15(17-10-18(26)14-19(27)11-17)2-4-22(23)25-21-5-3-20(12-16(21)6-8-28-25)34(31)30-24-7-9-33-29-24;3-2(4,5)1(6)7/h2-14H,1H3,(H,29,30);(H,6,7). The van der Waals surface area contributed by atoms with Crippen molar-refractivity contribution < 1.29 is 40.8 Å². The summed E-state index contributed by atoms with van der Waals surface area (Å²) in [7, 11) is 0.0667. The van der Waals surface area contributed by atoms with E-state index in [0.717, 1.165) is 22.4 Å². The molecule has 7 nitrogen and oxygen atoms in total. The fourth-order valence-electron chi connectivity index (χ4n) is 3.69. The van der Waals surface area contributed by atoms with Crippen LogP contribution >= 0.6 is 11.5 Å². The van der Waals surface area contributed by atoms with Gasteiger partial charge in [0.1, 0.15) is 17.4 Å². The van der Waals surface area contributed by atoms with E-state index in [1.54, 1.807) is 35.8 Å². The number of carbonyl (C=O) groups is 1. The number of pyridine rings is 1. The summed E-state index contributed by atoms with van der Waals surface area (Å²) in [6, 6.07) is 17.8. The van der Waals surface area contributed by atoms with Gasteiger partial charge in [0.25, 0.3) is 0 Å². The van der Waals surface area contributed by atoms with Crippen LogP contribution in [0.4, 0.5) is 27.8 Å². The number of carboxylic acid groups (broad SMARTS) is 1. The van der Waals surface area contributed by atoms with Crippen LogP contribution in [0.25, 0.3) is 33.2 Å². The number of hydrogen-bond acceptors (Lipinski definition) is 6. The van der Waals surface area contributed by atoms with Crippen LogP contribution in [-0.2, 0) is 15.8 Å². The summed E-state index contributed by atoms with van der Waals surface area (Å²) in [6.07, 6.45) is -3.41. The van der Waals surface area contributed by atoms with Crippen molar-refractivity contribution in [3.05, 3.63) is 89.9 Å². The molecule has 2 N–H and O–H groups in total. The predicted octanol–water partition coefficient (Wildman–Crippen LogP) is 7.08. The second-order valence-electron chi connectivity index (χ2n) is 8.17. The van der Waals surface area contributed by atoms with Gasteiger partial charge < -0.3 is 9.84 Å². The van der Waals surface area contributed by atoms with E-state index in [1.807, 2.05) is 24.3 Å². The Balaban J connectivity index is 0.000000493. The van der Waals surface area contributed by atoms with Crippen molar-refractivity contribution in [1.29, 1.82) is 0 Å². The van der Waals surface area contributed by atoms with Crippen LogP contribution < -0.4 is 9.46 Å². The molecule has 0 fully saturated rings. The summed E-state index contributed by atoms with van der Waals surface area (Å²) in [6.45, 7) is 0. The topological polar surface area (TPSA) is 101 Å². The first-order chi connectivity index (χ1) is 19.5. The van der Waals surface area contributed by atoms with Crippen LogP contribution in [0.5, 0.6) is 5.75 Å². The minimum atomic E-state index is -5.08. The lowest BCUT2D eigenvalue weighted by atomic mass is 9.99. The molecule has 5 aromatic rings. The molecule has 1 unspecified atom stereocenters. The maximum Gasteiger partial charge on any atom is 0.490 e. The fraction of sp³-hybridized carbons (Fsp3) is 0.0741. The van der Waals surface area contributed by atoms with Gasteiger partial charge in [-0.05, 0) is 76.6 Å². The molecular formula is C27H18F5N3O4S2. The third kappa shape index (κ3) is 7.21. The van der Waals surface area contributed by atoms with Crippen molar-refractivity contribution in [3.8, 4) is 28.1 Å². The third-order valence-electron chi connectivity index (χ3n) is 5.48. The monoisotopic (exact) mass is 607 g/mol. The quantitative estimate of drug-likeness (QED) is 0.200. The number of rotatable bonds is 6.